The Kier molecular flexibility index (Phi) is 39.4. The smallest absolute Gasteiger partial charge is 0.335 e. The lowest BCUT2D eigenvalue weighted by atomic mass is 9.93. The van der Waals surface area contributed by atoms with Crippen LogP contribution in [0.3, 0.4) is 0 Å². The van der Waals surface area contributed by atoms with E-state index in [0.29, 0.717) is 24.9 Å². The van der Waals surface area contributed by atoms with Gasteiger partial charge in [-0.05, 0) is 118 Å². The Morgan fingerprint density at radius 3 is 1.38 bits per heavy atom. The minimum absolute atomic E-state index is 0.0179. The fraction of sp³-hybridized carbons (Fsp3) is 0.736. The molecule has 0 aliphatic rings. The zero-order valence-electron chi connectivity index (χ0n) is 63.2. The Labute approximate surface area is 584 Å². The Bertz CT molecular complexity index is 2790. The van der Waals surface area contributed by atoms with Crippen molar-refractivity contribution in [2.45, 2.75) is 236 Å². The van der Waals surface area contributed by atoms with E-state index in [1.54, 1.807) is 27.8 Å². The van der Waals surface area contributed by atoms with Crippen molar-refractivity contribution in [1.29, 1.82) is 0 Å². The molecule has 1 rings (SSSR count). The number of unbranched alkanes of at least 4 members (excludes halogenated alkanes) is 4. The zero-order chi connectivity index (χ0) is 75.2. The van der Waals surface area contributed by atoms with Crippen molar-refractivity contribution in [2.75, 3.05) is 69.0 Å². The molecule has 7 N–H and O–H groups in total. The lowest BCUT2D eigenvalue weighted by molar-refractivity contribution is -0.148. The van der Waals surface area contributed by atoms with Gasteiger partial charge in [-0.2, -0.15) is 0 Å². The van der Waals surface area contributed by atoms with E-state index in [1.807, 2.05) is 76.2 Å². The van der Waals surface area contributed by atoms with Crippen LogP contribution in [-0.2, 0) is 52.7 Å². The monoisotopic (exact) mass is 1380 g/mol. The lowest BCUT2D eigenvalue weighted by Crippen LogP contribution is -2.60. The Hall–Kier alpha value is -7.67. The maximum Gasteiger partial charge on any atom is 0.335 e. The van der Waals surface area contributed by atoms with Crippen molar-refractivity contribution < 1.29 is 67.4 Å². The highest BCUT2D eigenvalue weighted by molar-refractivity contribution is 5.99. The van der Waals surface area contributed by atoms with Crippen molar-refractivity contribution in [2.24, 2.45) is 41.4 Å². The van der Waals surface area contributed by atoms with Crippen LogP contribution in [0.25, 0.3) is 0 Å². The van der Waals surface area contributed by atoms with Gasteiger partial charge in [0.15, 0.2) is 0 Å². The van der Waals surface area contributed by atoms with Crippen molar-refractivity contribution in [3.63, 3.8) is 0 Å². The quantitative estimate of drug-likeness (QED) is 0.0385. The molecule has 0 spiro atoms. The van der Waals surface area contributed by atoms with Gasteiger partial charge in [0.2, 0.25) is 65.0 Å². The van der Waals surface area contributed by atoms with E-state index < -0.39 is 126 Å². The van der Waals surface area contributed by atoms with Gasteiger partial charge in [0, 0.05) is 67.9 Å². The predicted molar refractivity (Wildman–Crippen MR) is 379 cm³/mol. The molecule has 0 heterocycles. The molecule has 0 bridgehead atoms. The molecule has 0 aliphatic carbocycles. The summed E-state index contributed by atoms with van der Waals surface area (Å²) < 4.78 is 0. The Morgan fingerprint density at radius 1 is 0.439 bits per heavy atom. The van der Waals surface area contributed by atoms with Gasteiger partial charge in [-0.15, -0.1) is 0 Å². The number of nitrogens with one attached hydrogen (secondary N) is 6. The number of benzene rings is 1. The van der Waals surface area contributed by atoms with Gasteiger partial charge in [-0.1, -0.05) is 129 Å². The molecule has 0 saturated carbocycles. The van der Waals surface area contributed by atoms with Crippen LogP contribution < -0.4 is 31.9 Å². The normalized spacial score (nSPS) is 14.2. The summed E-state index contributed by atoms with van der Waals surface area (Å²) in [6.45, 7) is 27.1. The second-order valence-corrected chi connectivity index (χ2v) is 29.1. The first-order valence-corrected chi connectivity index (χ1v) is 35.2. The molecular formula is C72H124N12O14. The first-order valence-electron chi connectivity index (χ1n) is 35.2. The largest absolute Gasteiger partial charge is 0.478 e. The van der Waals surface area contributed by atoms with E-state index in [2.05, 4.69) is 31.9 Å². The number of hydrogen-bond acceptors (Lipinski definition) is 13. The summed E-state index contributed by atoms with van der Waals surface area (Å²) in [7, 11) is 10.4. The van der Waals surface area contributed by atoms with Gasteiger partial charge in [0.05, 0.1) is 18.7 Å². The van der Waals surface area contributed by atoms with Crippen molar-refractivity contribution in [3.05, 3.63) is 35.4 Å². The summed E-state index contributed by atoms with van der Waals surface area (Å²) in [5.74, 6) is -7.87. The minimum atomic E-state index is -1.19. The van der Waals surface area contributed by atoms with Gasteiger partial charge in [0.1, 0.15) is 48.3 Å². The average Bonchev–Trinajstić information content (AvgIpc) is 0.841. The van der Waals surface area contributed by atoms with Crippen LogP contribution >= 0.6 is 0 Å². The SMILES string of the molecule is CC[C@H](NC(=O)C(C[C@H](C)CCCCCCCNC(=O)c1ccc(C(=O)O)cc1)N(C)C(=O)CC(C)C)C(=O)N(C)CC(=O)N(C)[C@@H](CC(C)C)C(=O)N[C@H](C(=O)N(C)[C@@H](CC(C)C)C(=O)N[C@H](C)C(=O)NCC(=O)N(C)[C@@H](CC(C)C)C(=O)N(C)[C@@H](CC(C)C)C(=O)NC)C(C)C. The molecule has 12 amide bonds. The van der Waals surface area contributed by atoms with Crippen molar-refractivity contribution >= 4 is 76.9 Å². The van der Waals surface area contributed by atoms with E-state index in [9.17, 15) is 62.3 Å². The number of carbonyl (C=O) groups excluding carboxylic acids is 12. The Balaban J connectivity index is 3.19. The maximum absolute atomic E-state index is 14.6. The van der Waals surface area contributed by atoms with Crippen LogP contribution in [0.15, 0.2) is 24.3 Å². The Morgan fingerprint density at radius 2 is 0.878 bits per heavy atom. The van der Waals surface area contributed by atoms with E-state index in [1.165, 1.54) is 103 Å². The molecule has 0 saturated heterocycles. The summed E-state index contributed by atoms with van der Waals surface area (Å²) in [6.07, 6.45) is 6.83. The van der Waals surface area contributed by atoms with Gasteiger partial charge < -0.3 is 66.4 Å². The summed E-state index contributed by atoms with van der Waals surface area (Å²) in [4.78, 5) is 185. The average molecular weight is 1380 g/mol. The number of aromatic carboxylic acids is 1. The number of nitrogens with zero attached hydrogens (tertiary/aromatic N) is 6. The fourth-order valence-corrected chi connectivity index (χ4v) is 11.5. The standard InChI is InChI=1S/C72H124N12O14/c1-23-53(77-67(92)57(80(18)59(85)39-47(10)11)40-49(14)29-27-25-24-26-28-34-74-64(89)51-30-32-52(33-31-51)72(97)98)69(94)79(17)42-61(87)81(19)55(36-44(4)5)68(93)78-62(48(12)13)71(96)84(22)56(37-45(6)7)66(91)76-50(15)63(88)75-41-60(86)82(20)58(38-46(8)9)70(95)83(21)54(35-43(2)3)65(90)73-16/h30-33,43-50,53-58,62H,23-29,34-42H2,1-22H3,(H,73,90)(H,74,89)(H,75,88)(H,76,91)(H,77,92)(H,78,93)(H,97,98)/t49-,50-,53+,54+,55+,56+,57?,58+,62+/m1/s1. The molecule has 9 atom stereocenters. The number of hydrogen-bond donors (Lipinski definition) is 7. The van der Waals surface area contributed by atoms with Crippen LogP contribution in [0.2, 0.25) is 0 Å². The van der Waals surface area contributed by atoms with Crippen molar-refractivity contribution in [3.8, 4) is 0 Å². The second kappa shape index (κ2) is 43.7. The van der Waals surface area contributed by atoms with Gasteiger partial charge in [-0.3, -0.25) is 57.5 Å². The maximum atomic E-state index is 14.6. The van der Waals surface area contributed by atoms with Crippen molar-refractivity contribution in [1.82, 2.24) is 61.3 Å². The number of carboxylic acid groups (broad SMARTS) is 1. The van der Waals surface area contributed by atoms with Crippen LogP contribution in [-0.4, -0.2) is 229 Å². The molecule has 26 heteroatoms. The van der Waals surface area contributed by atoms with E-state index in [4.69, 9.17) is 5.11 Å². The lowest BCUT2D eigenvalue weighted by Gasteiger charge is -2.36. The summed E-state index contributed by atoms with van der Waals surface area (Å²) >= 11 is 0. The highest BCUT2D eigenvalue weighted by Gasteiger charge is 2.40. The van der Waals surface area contributed by atoms with E-state index in [0.717, 1.165) is 38.5 Å². The molecule has 0 aliphatic heterocycles. The number of rotatable bonds is 44. The predicted octanol–water partition coefficient (Wildman–Crippen LogP) is 5.71. The molecule has 0 radical (unpaired) electrons. The molecule has 1 aromatic rings. The molecule has 1 unspecified atom stereocenters. The second-order valence-electron chi connectivity index (χ2n) is 29.1. The molecule has 98 heavy (non-hydrogen) atoms. The summed E-state index contributed by atoms with van der Waals surface area (Å²) in [5, 5.41) is 25.6. The molecule has 0 aromatic heterocycles. The summed E-state index contributed by atoms with van der Waals surface area (Å²) in [6, 6.07) is -2.57. The zero-order valence-corrected chi connectivity index (χ0v) is 63.2. The molecule has 1 aromatic carbocycles. The third-order valence-corrected chi connectivity index (χ3v) is 17.7. The number of carboxylic acids is 1. The van der Waals surface area contributed by atoms with Crippen LogP contribution in [0, 0.1) is 41.4 Å². The third kappa shape index (κ3) is 29.8. The first kappa shape index (κ1) is 88.3. The summed E-state index contributed by atoms with van der Waals surface area (Å²) in [5.41, 5.74) is 0.485. The number of carbonyl (C=O) groups is 13. The number of likely N-dealkylation sites (N-methyl/N-ethyl adjacent to an activating group) is 7. The molecule has 26 nitrogen and oxygen atoms in total. The van der Waals surface area contributed by atoms with E-state index >= 15 is 0 Å². The van der Waals surface area contributed by atoms with Crippen LogP contribution in [0.4, 0.5) is 0 Å². The van der Waals surface area contributed by atoms with Crippen LogP contribution in [0.1, 0.15) is 208 Å². The third-order valence-electron chi connectivity index (χ3n) is 17.7. The van der Waals surface area contributed by atoms with Gasteiger partial charge >= 0.3 is 5.97 Å². The van der Waals surface area contributed by atoms with Crippen LogP contribution in [0.5, 0.6) is 0 Å². The minimum Gasteiger partial charge on any atom is -0.478 e. The molecule has 0 fully saturated rings. The topological polar surface area (TPSA) is 334 Å². The highest BCUT2D eigenvalue weighted by atomic mass is 16.4. The highest BCUT2D eigenvalue weighted by Crippen LogP contribution is 2.23. The fourth-order valence-electron chi connectivity index (χ4n) is 11.5. The van der Waals surface area contributed by atoms with Gasteiger partial charge in [0.25, 0.3) is 5.91 Å². The number of amides is 12. The molecular weight excluding hydrogens is 1260 g/mol. The van der Waals surface area contributed by atoms with Gasteiger partial charge in [-0.25, -0.2) is 4.79 Å². The first-order chi connectivity index (χ1) is 45.6. The molecule has 556 valence electrons. The van der Waals surface area contributed by atoms with E-state index in [-0.39, 0.29) is 90.9 Å².